The highest BCUT2D eigenvalue weighted by Crippen LogP contribution is 2.26. The van der Waals surface area contributed by atoms with Crippen LogP contribution >= 0.6 is 11.3 Å². The van der Waals surface area contributed by atoms with Crippen molar-refractivity contribution < 1.29 is 19.2 Å². The van der Waals surface area contributed by atoms with Crippen molar-refractivity contribution in [3.05, 3.63) is 27.1 Å². The molecule has 0 aliphatic carbocycles. The first-order chi connectivity index (χ1) is 9.54. The molecule has 108 valence electrons. The van der Waals surface area contributed by atoms with Gasteiger partial charge in [-0.3, -0.25) is 14.9 Å². The van der Waals surface area contributed by atoms with Crippen LogP contribution in [-0.4, -0.2) is 41.4 Å². The third-order valence-corrected chi connectivity index (χ3v) is 4.13. The molecule has 1 aromatic heterocycles. The van der Waals surface area contributed by atoms with Crippen LogP contribution in [0.1, 0.15) is 29.6 Å². The van der Waals surface area contributed by atoms with Crippen LogP contribution in [0.4, 0.5) is 5.00 Å². The van der Waals surface area contributed by atoms with Crippen molar-refractivity contribution in [3.63, 3.8) is 0 Å². The molecule has 2 rings (SSSR count). The number of piperidine rings is 1. The van der Waals surface area contributed by atoms with Crippen LogP contribution in [0.3, 0.4) is 0 Å². The Morgan fingerprint density at radius 1 is 1.50 bits per heavy atom. The largest absolute Gasteiger partial charge is 0.467 e. The summed E-state index contributed by atoms with van der Waals surface area (Å²) in [7, 11) is 1.29. The third-order valence-electron chi connectivity index (χ3n) is 3.25. The minimum absolute atomic E-state index is 0.0834. The number of hydrogen-bond acceptors (Lipinski definition) is 6. The second-order valence-corrected chi connectivity index (χ2v) is 5.35. The molecular weight excluding hydrogens is 284 g/mol. The number of amides is 1. The quantitative estimate of drug-likeness (QED) is 0.482. The second kappa shape index (κ2) is 6.00. The van der Waals surface area contributed by atoms with Gasteiger partial charge >= 0.3 is 11.0 Å². The van der Waals surface area contributed by atoms with Crippen molar-refractivity contribution in [1.29, 1.82) is 0 Å². The maximum Gasteiger partial charge on any atom is 0.328 e. The number of rotatable bonds is 3. The standard InChI is InChI=1S/C12H14N2O5S/c1-19-12(16)9-4-2-3-5-13(9)11(15)8-6-10(14(17)18)20-7-8/h6-7,9H,2-5H2,1H3. The predicted molar refractivity (Wildman–Crippen MR) is 71.7 cm³/mol. The van der Waals surface area contributed by atoms with Gasteiger partial charge in [-0.15, -0.1) is 0 Å². The molecule has 0 saturated carbocycles. The zero-order chi connectivity index (χ0) is 14.7. The van der Waals surface area contributed by atoms with Crippen molar-refractivity contribution in [2.24, 2.45) is 0 Å². The monoisotopic (exact) mass is 298 g/mol. The Bertz CT molecular complexity index is 542. The molecule has 0 aromatic carbocycles. The smallest absolute Gasteiger partial charge is 0.328 e. The average Bonchev–Trinajstić information content (AvgIpc) is 2.95. The van der Waals surface area contributed by atoms with E-state index in [1.807, 2.05) is 0 Å². The van der Waals surface area contributed by atoms with E-state index in [1.165, 1.54) is 23.5 Å². The van der Waals surface area contributed by atoms with Crippen LogP contribution in [-0.2, 0) is 9.53 Å². The van der Waals surface area contributed by atoms with E-state index in [2.05, 4.69) is 0 Å². The Morgan fingerprint density at radius 3 is 2.85 bits per heavy atom. The van der Waals surface area contributed by atoms with Gasteiger partial charge in [-0.05, 0) is 19.3 Å². The SMILES string of the molecule is COC(=O)C1CCCCN1C(=O)c1csc([N+](=O)[O-])c1. The number of hydrogen-bond donors (Lipinski definition) is 0. The number of ether oxygens (including phenoxy) is 1. The third kappa shape index (κ3) is 2.79. The average molecular weight is 298 g/mol. The lowest BCUT2D eigenvalue weighted by Gasteiger charge is -2.33. The van der Waals surface area contributed by atoms with Gasteiger partial charge < -0.3 is 9.64 Å². The maximum atomic E-state index is 12.4. The summed E-state index contributed by atoms with van der Waals surface area (Å²) in [6, 6.07) is 0.649. The van der Waals surface area contributed by atoms with Crippen molar-refractivity contribution >= 4 is 28.2 Å². The van der Waals surface area contributed by atoms with E-state index in [1.54, 1.807) is 0 Å². The van der Waals surface area contributed by atoms with Gasteiger partial charge in [-0.25, -0.2) is 4.79 Å². The summed E-state index contributed by atoms with van der Waals surface area (Å²) in [5, 5.41) is 12.0. The van der Waals surface area contributed by atoms with Gasteiger partial charge in [0.1, 0.15) is 6.04 Å². The van der Waals surface area contributed by atoms with Gasteiger partial charge in [0.2, 0.25) is 0 Å². The van der Waals surface area contributed by atoms with Crippen molar-refractivity contribution in [2.45, 2.75) is 25.3 Å². The van der Waals surface area contributed by atoms with Gasteiger partial charge in [0.05, 0.1) is 17.6 Å². The van der Waals surface area contributed by atoms with E-state index in [4.69, 9.17) is 4.74 Å². The Morgan fingerprint density at radius 2 is 2.25 bits per heavy atom. The highest BCUT2D eigenvalue weighted by atomic mass is 32.1. The normalized spacial score (nSPS) is 18.6. The molecule has 1 amide bonds. The lowest BCUT2D eigenvalue weighted by atomic mass is 10.0. The fraction of sp³-hybridized carbons (Fsp3) is 0.500. The Balaban J connectivity index is 2.20. The second-order valence-electron chi connectivity index (χ2n) is 4.46. The Kier molecular flexibility index (Phi) is 4.33. The predicted octanol–water partition coefficient (Wildman–Crippen LogP) is 1.82. The first-order valence-electron chi connectivity index (χ1n) is 6.16. The maximum absolute atomic E-state index is 12.4. The lowest BCUT2D eigenvalue weighted by Crippen LogP contribution is -2.48. The number of nitro groups is 1. The zero-order valence-electron chi connectivity index (χ0n) is 10.9. The van der Waals surface area contributed by atoms with Crippen LogP contribution in [0.2, 0.25) is 0 Å². The molecule has 20 heavy (non-hydrogen) atoms. The summed E-state index contributed by atoms with van der Waals surface area (Å²) in [5.41, 5.74) is 0.248. The first kappa shape index (κ1) is 14.4. The van der Waals surface area contributed by atoms with Crippen molar-refractivity contribution in [1.82, 2.24) is 4.90 Å². The molecule has 0 bridgehead atoms. The topological polar surface area (TPSA) is 89.8 Å². The summed E-state index contributed by atoms with van der Waals surface area (Å²) < 4.78 is 4.71. The Labute approximate surface area is 119 Å². The molecule has 2 heterocycles. The lowest BCUT2D eigenvalue weighted by molar-refractivity contribution is -0.380. The number of carbonyl (C=O) groups is 2. The van der Waals surface area contributed by atoms with Crippen molar-refractivity contribution in [3.8, 4) is 0 Å². The minimum atomic E-state index is -0.597. The molecule has 0 spiro atoms. The van der Waals surface area contributed by atoms with E-state index in [9.17, 15) is 19.7 Å². The Hall–Kier alpha value is -1.96. The van der Waals surface area contributed by atoms with E-state index in [0.29, 0.717) is 13.0 Å². The molecule has 1 aromatic rings. The van der Waals surface area contributed by atoms with Gasteiger partial charge in [0, 0.05) is 18.0 Å². The molecule has 1 saturated heterocycles. The first-order valence-corrected chi connectivity index (χ1v) is 7.04. The number of carbonyl (C=O) groups excluding carboxylic acids is 2. The van der Waals surface area contributed by atoms with Gasteiger partial charge in [0.15, 0.2) is 0 Å². The summed E-state index contributed by atoms with van der Waals surface area (Å²) in [6.45, 7) is 0.461. The molecule has 1 atom stereocenters. The molecule has 8 heteroatoms. The number of thiophene rings is 1. The van der Waals surface area contributed by atoms with Gasteiger partial charge in [-0.1, -0.05) is 11.3 Å². The fourth-order valence-corrected chi connectivity index (χ4v) is 2.95. The van der Waals surface area contributed by atoms with Crippen LogP contribution in [0, 0.1) is 10.1 Å². The summed E-state index contributed by atoms with van der Waals surface area (Å²) in [4.78, 5) is 35.6. The van der Waals surface area contributed by atoms with E-state index in [0.717, 1.165) is 24.2 Å². The summed E-state index contributed by atoms with van der Waals surface area (Å²) in [5.74, 6) is -0.799. The van der Waals surface area contributed by atoms with E-state index in [-0.39, 0.29) is 16.5 Å². The molecule has 1 fully saturated rings. The fourth-order valence-electron chi connectivity index (χ4n) is 2.25. The molecule has 0 radical (unpaired) electrons. The molecular formula is C12H14N2O5S. The van der Waals surface area contributed by atoms with Crippen LogP contribution in [0.15, 0.2) is 11.4 Å². The number of nitrogens with zero attached hydrogens (tertiary/aromatic N) is 2. The minimum Gasteiger partial charge on any atom is -0.467 e. The number of methoxy groups -OCH3 is 1. The van der Waals surface area contributed by atoms with Crippen LogP contribution in [0.5, 0.6) is 0 Å². The molecule has 1 unspecified atom stereocenters. The number of likely N-dealkylation sites (tertiary alicyclic amines) is 1. The van der Waals surface area contributed by atoms with E-state index >= 15 is 0 Å². The molecule has 1 aliphatic heterocycles. The molecule has 7 nitrogen and oxygen atoms in total. The molecule has 1 aliphatic rings. The van der Waals surface area contributed by atoms with Crippen LogP contribution < -0.4 is 0 Å². The highest BCUT2D eigenvalue weighted by Gasteiger charge is 2.34. The van der Waals surface area contributed by atoms with E-state index < -0.39 is 16.9 Å². The van der Waals surface area contributed by atoms with Gasteiger partial charge in [-0.2, -0.15) is 0 Å². The summed E-state index contributed by atoms with van der Waals surface area (Å²) >= 11 is 0.903. The summed E-state index contributed by atoms with van der Waals surface area (Å²) in [6.07, 6.45) is 2.23. The highest BCUT2D eigenvalue weighted by molar-refractivity contribution is 7.13. The molecule has 0 N–H and O–H groups in total. The van der Waals surface area contributed by atoms with Gasteiger partial charge in [0.25, 0.3) is 5.91 Å². The zero-order valence-corrected chi connectivity index (χ0v) is 11.7. The van der Waals surface area contributed by atoms with Crippen LogP contribution in [0.25, 0.3) is 0 Å². The van der Waals surface area contributed by atoms with Crippen molar-refractivity contribution in [2.75, 3.05) is 13.7 Å². The number of esters is 1.